The standard InChI is InChI=1S/C14H13BrN2OS/c15-11-3-1-2-10(8-11)9-18-13-6-4-12(5-7-13)17-14(16)19/h1-8H,9H2,(H3,16,17,19). The summed E-state index contributed by atoms with van der Waals surface area (Å²) in [4.78, 5) is 0. The summed E-state index contributed by atoms with van der Waals surface area (Å²) < 4.78 is 6.74. The van der Waals surface area contributed by atoms with E-state index in [1.165, 1.54) is 0 Å². The zero-order valence-corrected chi connectivity index (χ0v) is 12.5. The highest BCUT2D eigenvalue weighted by molar-refractivity contribution is 9.10. The number of nitrogens with one attached hydrogen (secondary N) is 1. The van der Waals surface area contributed by atoms with E-state index in [-0.39, 0.29) is 5.11 Å². The van der Waals surface area contributed by atoms with E-state index < -0.39 is 0 Å². The van der Waals surface area contributed by atoms with Crippen molar-refractivity contribution in [2.45, 2.75) is 6.61 Å². The number of hydrogen-bond acceptors (Lipinski definition) is 2. The van der Waals surface area contributed by atoms with Crippen LogP contribution in [0.15, 0.2) is 53.0 Å². The predicted molar refractivity (Wildman–Crippen MR) is 85.3 cm³/mol. The molecule has 0 atom stereocenters. The van der Waals surface area contributed by atoms with Crippen LogP contribution in [0, 0.1) is 0 Å². The van der Waals surface area contributed by atoms with E-state index in [0.29, 0.717) is 6.61 Å². The molecule has 0 spiro atoms. The Kier molecular flexibility index (Phi) is 4.76. The van der Waals surface area contributed by atoms with Gasteiger partial charge in [0.1, 0.15) is 12.4 Å². The van der Waals surface area contributed by atoms with E-state index in [2.05, 4.69) is 21.2 Å². The number of hydrogen-bond donors (Lipinski definition) is 2. The highest BCUT2D eigenvalue weighted by atomic mass is 79.9. The molecule has 0 amide bonds. The van der Waals surface area contributed by atoms with Crippen LogP contribution in [0.4, 0.5) is 5.69 Å². The van der Waals surface area contributed by atoms with Crippen molar-refractivity contribution in [3.05, 3.63) is 58.6 Å². The van der Waals surface area contributed by atoms with E-state index >= 15 is 0 Å². The summed E-state index contributed by atoms with van der Waals surface area (Å²) in [5, 5.41) is 3.11. The van der Waals surface area contributed by atoms with Gasteiger partial charge in [0, 0.05) is 10.2 Å². The SMILES string of the molecule is NC(=S)Nc1ccc(OCc2cccc(Br)c2)cc1. The van der Waals surface area contributed by atoms with Gasteiger partial charge in [0.05, 0.1) is 0 Å². The van der Waals surface area contributed by atoms with Gasteiger partial charge in [-0.25, -0.2) is 0 Å². The van der Waals surface area contributed by atoms with Crippen LogP contribution in [0.2, 0.25) is 0 Å². The Labute approximate surface area is 125 Å². The topological polar surface area (TPSA) is 47.3 Å². The van der Waals surface area contributed by atoms with Crippen molar-refractivity contribution in [1.82, 2.24) is 0 Å². The van der Waals surface area contributed by atoms with Crippen molar-refractivity contribution in [1.29, 1.82) is 0 Å². The van der Waals surface area contributed by atoms with Gasteiger partial charge in [-0.05, 0) is 54.2 Å². The monoisotopic (exact) mass is 336 g/mol. The van der Waals surface area contributed by atoms with E-state index in [0.717, 1.165) is 21.5 Å². The fourth-order valence-corrected chi connectivity index (χ4v) is 2.13. The molecule has 0 bridgehead atoms. The zero-order valence-electron chi connectivity index (χ0n) is 10.1. The first kappa shape index (κ1) is 13.8. The van der Waals surface area contributed by atoms with Crippen molar-refractivity contribution in [2.75, 3.05) is 5.32 Å². The van der Waals surface area contributed by atoms with Crippen LogP contribution in [0.5, 0.6) is 5.75 Å². The third kappa shape index (κ3) is 4.54. The molecule has 0 aliphatic rings. The van der Waals surface area contributed by atoms with Gasteiger partial charge in [-0.2, -0.15) is 0 Å². The molecule has 2 rings (SSSR count). The second kappa shape index (κ2) is 6.54. The number of anilines is 1. The molecule has 0 saturated carbocycles. The summed E-state index contributed by atoms with van der Waals surface area (Å²) in [6.45, 7) is 0.529. The van der Waals surface area contributed by atoms with Crippen molar-refractivity contribution >= 4 is 38.9 Å². The maximum absolute atomic E-state index is 5.69. The normalized spacial score (nSPS) is 9.95. The molecule has 2 aromatic carbocycles. The van der Waals surface area contributed by atoms with Crippen LogP contribution in [0.25, 0.3) is 0 Å². The molecule has 0 aliphatic carbocycles. The number of thiocarbonyl (C=S) groups is 1. The van der Waals surface area contributed by atoms with Crippen LogP contribution in [-0.4, -0.2) is 5.11 Å². The van der Waals surface area contributed by atoms with Gasteiger partial charge < -0.3 is 15.8 Å². The molecule has 3 nitrogen and oxygen atoms in total. The van der Waals surface area contributed by atoms with Gasteiger partial charge in [-0.3, -0.25) is 0 Å². The van der Waals surface area contributed by atoms with Crippen LogP contribution in [0.1, 0.15) is 5.56 Å². The molecule has 0 heterocycles. The predicted octanol–water partition coefficient (Wildman–Crippen LogP) is 3.68. The number of halogens is 1. The van der Waals surface area contributed by atoms with Gasteiger partial charge in [-0.1, -0.05) is 28.1 Å². The maximum Gasteiger partial charge on any atom is 0.168 e. The molecular weight excluding hydrogens is 324 g/mol. The van der Waals surface area contributed by atoms with Crippen LogP contribution >= 0.6 is 28.1 Å². The van der Waals surface area contributed by atoms with Gasteiger partial charge in [0.15, 0.2) is 5.11 Å². The molecule has 19 heavy (non-hydrogen) atoms. The highest BCUT2D eigenvalue weighted by Gasteiger charge is 1.98. The van der Waals surface area contributed by atoms with E-state index in [1.54, 1.807) is 0 Å². The minimum Gasteiger partial charge on any atom is -0.489 e. The Balaban J connectivity index is 1.94. The Hall–Kier alpha value is -1.59. The molecule has 0 aliphatic heterocycles. The summed E-state index contributed by atoms with van der Waals surface area (Å²) in [7, 11) is 0. The lowest BCUT2D eigenvalue weighted by atomic mass is 10.2. The van der Waals surface area contributed by atoms with Crippen molar-refractivity contribution in [2.24, 2.45) is 5.73 Å². The van der Waals surface area contributed by atoms with Crippen LogP contribution < -0.4 is 15.8 Å². The molecule has 2 aromatic rings. The zero-order chi connectivity index (χ0) is 13.7. The Bertz CT molecular complexity index is 572. The Morgan fingerprint density at radius 1 is 1.21 bits per heavy atom. The quantitative estimate of drug-likeness (QED) is 0.836. The second-order valence-electron chi connectivity index (χ2n) is 3.93. The second-order valence-corrected chi connectivity index (χ2v) is 5.29. The van der Waals surface area contributed by atoms with Gasteiger partial charge in [0.2, 0.25) is 0 Å². The van der Waals surface area contributed by atoms with E-state index in [9.17, 15) is 0 Å². The van der Waals surface area contributed by atoms with E-state index in [1.807, 2.05) is 48.5 Å². The van der Waals surface area contributed by atoms with Gasteiger partial charge in [0.25, 0.3) is 0 Å². The molecule has 0 fully saturated rings. The lowest BCUT2D eigenvalue weighted by Gasteiger charge is -2.08. The lowest BCUT2D eigenvalue weighted by molar-refractivity contribution is 0.306. The van der Waals surface area contributed by atoms with Crippen molar-refractivity contribution in [3.8, 4) is 5.75 Å². The summed E-state index contributed by atoms with van der Waals surface area (Å²) in [5.41, 5.74) is 7.36. The lowest BCUT2D eigenvalue weighted by Crippen LogP contribution is -2.18. The van der Waals surface area contributed by atoms with Crippen molar-refractivity contribution < 1.29 is 4.74 Å². The Morgan fingerprint density at radius 2 is 1.95 bits per heavy atom. The summed E-state index contributed by atoms with van der Waals surface area (Å²) in [5.74, 6) is 0.800. The molecule has 0 saturated heterocycles. The molecule has 3 N–H and O–H groups in total. The third-order valence-electron chi connectivity index (χ3n) is 2.42. The summed E-state index contributed by atoms with van der Waals surface area (Å²) in [6, 6.07) is 15.5. The molecule has 0 unspecified atom stereocenters. The average Bonchev–Trinajstić information content (AvgIpc) is 2.37. The number of ether oxygens (including phenoxy) is 1. The minimum absolute atomic E-state index is 0.253. The minimum atomic E-state index is 0.253. The van der Waals surface area contributed by atoms with E-state index in [4.69, 9.17) is 22.7 Å². The Morgan fingerprint density at radius 3 is 2.58 bits per heavy atom. The number of benzene rings is 2. The molecule has 0 aromatic heterocycles. The number of rotatable bonds is 4. The van der Waals surface area contributed by atoms with Crippen LogP contribution in [0.3, 0.4) is 0 Å². The van der Waals surface area contributed by atoms with Gasteiger partial charge in [-0.15, -0.1) is 0 Å². The fraction of sp³-hybridized carbons (Fsp3) is 0.0714. The average molecular weight is 337 g/mol. The largest absolute Gasteiger partial charge is 0.489 e. The smallest absolute Gasteiger partial charge is 0.168 e. The van der Waals surface area contributed by atoms with Crippen LogP contribution in [-0.2, 0) is 6.61 Å². The third-order valence-corrected chi connectivity index (χ3v) is 3.01. The fourth-order valence-electron chi connectivity index (χ4n) is 1.57. The first-order chi connectivity index (χ1) is 9.13. The molecule has 0 radical (unpaired) electrons. The maximum atomic E-state index is 5.69. The summed E-state index contributed by atoms with van der Waals surface area (Å²) in [6.07, 6.45) is 0. The number of nitrogens with two attached hydrogens (primary N) is 1. The van der Waals surface area contributed by atoms with Crippen molar-refractivity contribution in [3.63, 3.8) is 0 Å². The molecule has 98 valence electrons. The summed E-state index contributed by atoms with van der Waals surface area (Å²) >= 11 is 8.20. The molecule has 5 heteroatoms. The first-order valence-electron chi connectivity index (χ1n) is 5.67. The highest BCUT2D eigenvalue weighted by Crippen LogP contribution is 2.18. The first-order valence-corrected chi connectivity index (χ1v) is 6.87. The molecular formula is C14H13BrN2OS. The van der Waals surface area contributed by atoms with Gasteiger partial charge >= 0.3 is 0 Å².